The van der Waals surface area contributed by atoms with Gasteiger partial charge in [0.1, 0.15) is 10.6 Å². The summed E-state index contributed by atoms with van der Waals surface area (Å²) >= 11 is 7.91. The molecule has 2 aromatic carbocycles. The summed E-state index contributed by atoms with van der Waals surface area (Å²) in [5.41, 5.74) is 2.57. The number of anilines is 2. The van der Waals surface area contributed by atoms with Crippen molar-refractivity contribution in [1.82, 2.24) is 5.32 Å². The van der Waals surface area contributed by atoms with Crippen LogP contribution in [0.2, 0.25) is 5.02 Å². The molecule has 3 rings (SSSR count). The van der Waals surface area contributed by atoms with E-state index in [1.807, 2.05) is 18.4 Å². The lowest BCUT2D eigenvalue weighted by atomic mass is 10.2. The van der Waals surface area contributed by atoms with Crippen LogP contribution in [0, 0.1) is 6.92 Å². The van der Waals surface area contributed by atoms with Crippen molar-refractivity contribution in [2.75, 3.05) is 24.2 Å². The highest BCUT2D eigenvalue weighted by Gasteiger charge is 2.21. The number of sulfonamides is 1. The van der Waals surface area contributed by atoms with Gasteiger partial charge in [-0.1, -0.05) is 17.7 Å². The molecule has 0 fully saturated rings. The van der Waals surface area contributed by atoms with Gasteiger partial charge in [0.25, 0.3) is 10.0 Å². The maximum Gasteiger partial charge on any atom is 0.263 e. The number of benzene rings is 2. The Labute approximate surface area is 209 Å². The van der Waals surface area contributed by atoms with Crippen molar-refractivity contribution in [2.24, 2.45) is 0 Å². The zero-order valence-corrected chi connectivity index (χ0v) is 21.6. The lowest BCUT2D eigenvalue weighted by Crippen LogP contribution is -2.35. The third-order valence-electron chi connectivity index (χ3n) is 4.77. The van der Waals surface area contributed by atoms with E-state index in [2.05, 4.69) is 15.4 Å². The SMILES string of the molecule is CN[C@@H](C)C(=O)Nc1ccc(OC)c(NS(=O)(=O)c2ccc(-c3cc(C)cs3)cc2Cl)c1.Cl. The topological polar surface area (TPSA) is 96.5 Å². The van der Waals surface area contributed by atoms with Gasteiger partial charge in [-0.2, -0.15) is 0 Å². The zero-order valence-electron chi connectivity index (χ0n) is 18.4. The van der Waals surface area contributed by atoms with Crippen LogP contribution in [0.3, 0.4) is 0 Å². The van der Waals surface area contributed by atoms with E-state index >= 15 is 0 Å². The van der Waals surface area contributed by atoms with Gasteiger partial charge in [0.2, 0.25) is 5.91 Å². The quantitative estimate of drug-likeness (QED) is 0.374. The van der Waals surface area contributed by atoms with Crippen molar-refractivity contribution >= 4 is 62.7 Å². The van der Waals surface area contributed by atoms with Crippen molar-refractivity contribution in [2.45, 2.75) is 24.8 Å². The lowest BCUT2D eigenvalue weighted by molar-refractivity contribution is -0.117. The molecule has 11 heteroatoms. The molecule has 3 N–H and O–H groups in total. The fraction of sp³-hybridized carbons (Fsp3) is 0.227. The highest BCUT2D eigenvalue weighted by Crippen LogP contribution is 2.34. The minimum absolute atomic E-state index is 0. The number of methoxy groups -OCH3 is 1. The predicted octanol–water partition coefficient (Wildman–Crippen LogP) is 5.15. The summed E-state index contributed by atoms with van der Waals surface area (Å²) in [6.45, 7) is 3.71. The van der Waals surface area contributed by atoms with E-state index in [0.29, 0.717) is 11.4 Å². The normalized spacial score (nSPS) is 11.9. The second-order valence-electron chi connectivity index (χ2n) is 7.15. The first kappa shape index (κ1) is 26.9. The van der Waals surface area contributed by atoms with Crippen LogP contribution in [0.4, 0.5) is 11.4 Å². The molecule has 0 radical (unpaired) electrons. The van der Waals surface area contributed by atoms with Crippen molar-refractivity contribution in [3.8, 4) is 16.2 Å². The number of likely N-dealkylation sites (N-methyl/N-ethyl adjacent to an activating group) is 1. The Morgan fingerprint density at radius 2 is 1.88 bits per heavy atom. The summed E-state index contributed by atoms with van der Waals surface area (Å²) in [4.78, 5) is 13.1. The number of ether oxygens (including phenoxy) is 1. The highest BCUT2D eigenvalue weighted by molar-refractivity contribution is 7.92. The first-order chi connectivity index (χ1) is 15.1. The van der Waals surface area contributed by atoms with Gasteiger partial charge in [-0.05, 0) is 73.8 Å². The number of carbonyl (C=O) groups excluding carboxylic acids is 1. The molecule has 0 bridgehead atoms. The smallest absolute Gasteiger partial charge is 0.263 e. The Hall–Kier alpha value is -2.30. The minimum atomic E-state index is -4.02. The van der Waals surface area contributed by atoms with Crippen LogP contribution >= 0.6 is 35.3 Å². The molecule has 0 saturated heterocycles. The molecule has 0 spiro atoms. The molecular weight excluding hydrogens is 505 g/mol. The molecule has 0 aliphatic carbocycles. The van der Waals surface area contributed by atoms with E-state index in [1.54, 1.807) is 49.6 Å². The number of rotatable bonds is 8. The van der Waals surface area contributed by atoms with Crippen molar-refractivity contribution in [3.05, 3.63) is 58.4 Å². The summed E-state index contributed by atoms with van der Waals surface area (Å²) in [6.07, 6.45) is 0. The first-order valence-corrected chi connectivity index (χ1v) is 12.4. The van der Waals surface area contributed by atoms with Crippen molar-refractivity contribution < 1.29 is 17.9 Å². The van der Waals surface area contributed by atoms with Crippen molar-refractivity contribution in [1.29, 1.82) is 0 Å². The number of halogens is 2. The molecular formula is C22H25Cl2N3O4S2. The maximum absolute atomic E-state index is 13.1. The standard InChI is InChI=1S/C22H24ClN3O4S2.ClH/c1-13-9-20(31-12-13)15-5-8-21(17(23)10-15)32(28,29)26-18-11-16(6-7-19(18)30-4)25-22(27)14(2)24-3;/h5-12,14,24,26H,1-4H3,(H,25,27);1H/t14-;/m0./s1. The fourth-order valence-electron chi connectivity index (χ4n) is 2.90. The van der Waals surface area contributed by atoms with E-state index in [-0.39, 0.29) is 33.9 Å². The summed E-state index contributed by atoms with van der Waals surface area (Å²) in [5, 5.41) is 7.70. The van der Waals surface area contributed by atoms with E-state index < -0.39 is 16.1 Å². The molecule has 0 aliphatic rings. The Morgan fingerprint density at radius 3 is 2.45 bits per heavy atom. The number of aryl methyl sites for hydroxylation is 1. The Kier molecular flexibility index (Phi) is 9.16. The van der Waals surface area contributed by atoms with Crippen LogP contribution in [0.15, 0.2) is 52.7 Å². The second-order valence-corrected chi connectivity index (χ2v) is 10.1. The largest absolute Gasteiger partial charge is 0.495 e. The van der Waals surface area contributed by atoms with Gasteiger partial charge >= 0.3 is 0 Å². The molecule has 7 nitrogen and oxygen atoms in total. The Morgan fingerprint density at radius 1 is 1.15 bits per heavy atom. The Balaban J connectivity index is 0.00000385. The van der Waals surface area contributed by atoms with Crippen molar-refractivity contribution in [3.63, 3.8) is 0 Å². The molecule has 1 amide bonds. The third-order valence-corrected chi connectivity index (χ3v) is 7.72. The highest BCUT2D eigenvalue weighted by atomic mass is 35.5. The predicted molar refractivity (Wildman–Crippen MR) is 138 cm³/mol. The summed E-state index contributed by atoms with van der Waals surface area (Å²) < 4.78 is 34.0. The van der Waals surface area contributed by atoms with E-state index in [0.717, 1.165) is 16.0 Å². The average molecular weight is 530 g/mol. The van der Waals surface area contributed by atoms with E-state index in [9.17, 15) is 13.2 Å². The van der Waals surface area contributed by atoms with Crippen LogP contribution in [0.5, 0.6) is 5.75 Å². The van der Waals surface area contributed by atoms with Crippen LogP contribution in [-0.2, 0) is 14.8 Å². The lowest BCUT2D eigenvalue weighted by Gasteiger charge is -2.16. The fourth-order valence-corrected chi connectivity index (χ4v) is 5.41. The monoisotopic (exact) mass is 529 g/mol. The number of hydrogen-bond acceptors (Lipinski definition) is 6. The maximum atomic E-state index is 13.1. The van der Waals surface area contributed by atoms with Gasteiger partial charge in [-0.3, -0.25) is 9.52 Å². The average Bonchev–Trinajstić information content (AvgIpc) is 3.19. The van der Waals surface area contributed by atoms with E-state index in [4.69, 9.17) is 16.3 Å². The van der Waals surface area contributed by atoms with Gasteiger partial charge in [-0.15, -0.1) is 23.7 Å². The number of thiophene rings is 1. The molecule has 1 heterocycles. The molecule has 3 aromatic rings. The van der Waals surface area contributed by atoms with Gasteiger partial charge < -0.3 is 15.4 Å². The van der Waals surface area contributed by atoms with Crippen LogP contribution in [-0.4, -0.2) is 34.5 Å². The molecule has 0 aliphatic heterocycles. The van der Waals surface area contributed by atoms with Crippen LogP contribution in [0.25, 0.3) is 10.4 Å². The van der Waals surface area contributed by atoms with Crippen LogP contribution < -0.4 is 20.1 Å². The molecule has 1 atom stereocenters. The molecule has 33 heavy (non-hydrogen) atoms. The zero-order chi connectivity index (χ0) is 23.5. The number of hydrogen-bond donors (Lipinski definition) is 3. The summed E-state index contributed by atoms with van der Waals surface area (Å²) in [7, 11) is -0.917. The number of carbonyl (C=O) groups is 1. The summed E-state index contributed by atoms with van der Waals surface area (Å²) in [5.74, 6) is 0.0453. The molecule has 178 valence electrons. The molecule has 1 aromatic heterocycles. The first-order valence-electron chi connectivity index (χ1n) is 9.68. The van der Waals surface area contributed by atoms with Gasteiger partial charge in [0, 0.05) is 10.6 Å². The van der Waals surface area contributed by atoms with Crippen LogP contribution in [0.1, 0.15) is 12.5 Å². The third kappa shape index (κ3) is 6.39. The van der Waals surface area contributed by atoms with Gasteiger partial charge in [0.05, 0.1) is 23.9 Å². The summed E-state index contributed by atoms with van der Waals surface area (Å²) in [6, 6.07) is 11.1. The molecule has 0 unspecified atom stereocenters. The second kappa shape index (κ2) is 11.2. The van der Waals surface area contributed by atoms with Gasteiger partial charge in [-0.25, -0.2) is 8.42 Å². The number of nitrogens with one attached hydrogen (secondary N) is 3. The van der Waals surface area contributed by atoms with Gasteiger partial charge in [0.15, 0.2) is 0 Å². The Bertz CT molecular complexity index is 1250. The van der Waals surface area contributed by atoms with E-state index in [1.165, 1.54) is 19.2 Å². The minimum Gasteiger partial charge on any atom is -0.495 e. The number of amides is 1. The molecule has 0 saturated carbocycles.